The molecule has 0 atom stereocenters. The molecule has 0 N–H and O–H groups in total. The molecular formula is C45H27N3O. The molecule has 0 spiro atoms. The maximum atomic E-state index is 9.73. The Morgan fingerprint density at radius 3 is 1.47 bits per heavy atom. The predicted molar refractivity (Wildman–Crippen MR) is 201 cm³/mol. The van der Waals surface area contributed by atoms with E-state index in [1.54, 1.807) is 0 Å². The van der Waals surface area contributed by atoms with Gasteiger partial charge < -0.3 is 4.42 Å². The maximum absolute atomic E-state index is 9.73. The number of nitrogens with zero attached hydrogens (tertiary/aromatic N) is 3. The standard InChI is InChI=1S/C45H27N3O/c1-2-11-28(12-3-1)43-46-44(48-45(47-43)32-22-24-39-38-19-8-9-20-41(38)49-42(39)27-32)31-14-10-13-29(25-31)30-21-23-37-35-17-5-4-15-33(35)34-16-6-7-18-36(34)40(37)26-30/h1-27H/i1D,2D,3D,4D,5D,6D,7D,8D,9D,10D,11D,12D,13D,14D,15D,16D,17D,18D,19D,20D,21D,22D,23D,24D,25D,26D,27D. The molecule has 0 aliphatic rings. The zero-order valence-electron chi connectivity index (χ0n) is 51.2. The third kappa shape index (κ3) is 4.57. The van der Waals surface area contributed by atoms with Gasteiger partial charge in [-0.3, -0.25) is 0 Å². The molecule has 0 bridgehead atoms. The fourth-order valence-corrected chi connectivity index (χ4v) is 5.34. The molecule has 49 heavy (non-hydrogen) atoms. The van der Waals surface area contributed by atoms with Gasteiger partial charge in [0, 0.05) is 27.5 Å². The minimum atomic E-state index is -1.06. The molecule has 0 aliphatic carbocycles. The van der Waals surface area contributed by atoms with E-state index in [0.717, 1.165) is 0 Å². The van der Waals surface area contributed by atoms with E-state index >= 15 is 0 Å². The number of furan rings is 1. The highest BCUT2D eigenvalue weighted by Gasteiger charge is 2.16. The number of aromatic nitrogens is 3. The Morgan fingerprint density at radius 2 is 0.755 bits per heavy atom. The topological polar surface area (TPSA) is 51.8 Å². The number of benzene rings is 8. The third-order valence-electron chi connectivity index (χ3n) is 7.50. The number of para-hydroxylation sites is 1. The highest BCUT2D eigenvalue weighted by atomic mass is 16.3. The molecule has 10 aromatic rings. The van der Waals surface area contributed by atoms with E-state index in [4.69, 9.17) is 33.2 Å². The molecule has 0 unspecified atom stereocenters. The fourth-order valence-electron chi connectivity index (χ4n) is 5.34. The monoisotopic (exact) mass is 652 g/mol. The largest absolute Gasteiger partial charge is 0.456 e. The van der Waals surface area contributed by atoms with Crippen LogP contribution in [0.25, 0.3) is 99.5 Å². The van der Waals surface area contributed by atoms with Crippen molar-refractivity contribution in [2.45, 2.75) is 0 Å². The van der Waals surface area contributed by atoms with Crippen LogP contribution in [0, 0.1) is 0 Å². The van der Waals surface area contributed by atoms with Crippen LogP contribution in [0.1, 0.15) is 37.0 Å². The van der Waals surface area contributed by atoms with Crippen molar-refractivity contribution in [3.05, 3.63) is 163 Å². The molecule has 4 heteroatoms. The minimum Gasteiger partial charge on any atom is -0.456 e. The van der Waals surface area contributed by atoms with Crippen molar-refractivity contribution in [1.29, 1.82) is 0 Å². The van der Waals surface area contributed by atoms with Gasteiger partial charge in [0.1, 0.15) is 11.2 Å². The molecule has 10 rings (SSSR count). The molecule has 0 radical (unpaired) electrons. The number of hydrogen-bond donors (Lipinski definition) is 0. The quantitative estimate of drug-likeness (QED) is 0.178. The highest BCUT2D eigenvalue weighted by molar-refractivity contribution is 6.25. The van der Waals surface area contributed by atoms with Crippen molar-refractivity contribution in [2.24, 2.45) is 0 Å². The van der Waals surface area contributed by atoms with Gasteiger partial charge in [-0.1, -0.05) is 133 Å². The summed E-state index contributed by atoms with van der Waals surface area (Å²) in [5.74, 6) is -2.58. The van der Waals surface area contributed by atoms with E-state index < -0.39 is 257 Å². The Kier molecular flexibility index (Phi) is 2.64. The highest BCUT2D eigenvalue weighted by Crippen LogP contribution is 2.38. The first kappa shape index (κ1) is 11.8. The predicted octanol–water partition coefficient (Wildman–Crippen LogP) is 11.9. The zero-order valence-corrected chi connectivity index (χ0v) is 24.2. The van der Waals surface area contributed by atoms with Gasteiger partial charge in [-0.2, -0.15) is 0 Å². The Bertz CT molecular complexity index is 4370. The van der Waals surface area contributed by atoms with Gasteiger partial charge in [-0.25, -0.2) is 15.0 Å². The van der Waals surface area contributed by atoms with Crippen LogP contribution in [-0.4, -0.2) is 15.0 Å². The van der Waals surface area contributed by atoms with Crippen LogP contribution >= 0.6 is 0 Å². The summed E-state index contributed by atoms with van der Waals surface area (Å²) < 4.78 is 245. The minimum absolute atomic E-state index is 0.350. The zero-order chi connectivity index (χ0) is 55.8. The van der Waals surface area contributed by atoms with Crippen molar-refractivity contribution < 1.29 is 41.4 Å². The molecular weight excluding hydrogens is 599 g/mol. The Balaban J connectivity index is 1.37. The lowest BCUT2D eigenvalue weighted by molar-refractivity contribution is 0.669. The van der Waals surface area contributed by atoms with E-state index in [1.165, 1.54) is 0 Å². The summed E-state index contributed by atoms with van der Waals surface area (Å²) in [6.45, 7) is 0. The summed E-state index contributed by atoms with van der Waals surface area (Å²) in [6, 6.07) is -23.4. The van der Waals surface area contributed by atoms with Crippen LogP contribution in [-0.2, 0) is 0 Å². The van der Waals surface area contributed by atoms with Gasteiger partial charge in [0.15, 0.2) is 17.5 Å². The second-order valence-corrected chi connectivity index (χ2v) is 10.3. The first-order chi connectivity index (χ1) is 35.5. The third-order valence-corrected chi connectivity index (χ3v) is 7.50. The van der Waals surface area contributed by atoms with Gasteiger partial charge in [-0.15, -0.1) is 0 Å². The van der Waals surface area contributed by atoms with E-state index in [2.05, 4.69) is 15.0 Å². The molecule has 4 nitrogen and oxygen atoms in total. The Hall–Kier alpha value is -6.65. The van der Waals surface area contributed by atoms with Crippen LogP contribution in [0.4, 0.5) is 0 Å². The molecule has 0 saturated heterocycles. The molecule has 2 aromatic heterocycles. The van der Waals surface area contributed by atoms with Crippen molar-refractivity contribution in [3.63, 3.8) is 0 Å². The van der Waals surface area contributed by atoms with E-state index in [0.29, 0.717) is 0 Å². The molecule has 228 valence electrons. The van der Waals surface area contributed by atoms with Crippen molar-refractivity contribution in [1.82, 2.24) is 15.0 Å². The Labute approximate surface area is 319 Å². The number of hydrogen-bond acceptors (Lipinski definition) is 4. The van der Waals surface area contributed by atoms with Gasteiger partial charge in [0.25, 0.3) is 0 Å². The summed E-state index contributed by atoms with van der Waals surface area (Å²) >= 11 is 0. The van der Waals surface area contributed by atoms with Gasteiger partial charge in [0.2, 0.25) is 0 Å². The van der Waals surface area contributed by atoms with Crippen LogP contribution in [0.3, 0.4) is 0 Å². The average molecular weight is 653 g/mol. The summed E-state index contributed by atoms with van der Waals surface area (Å²) in [5.41, 5.74) is -5.09. The lowest BCUT2D eigenvalue weighted by Gasteiger charge is -2.13. The number of rotatable bonds is 4. The second-order valence-electron chi connectivity index (χ2n) is 10.3. The second kappa shape index (κ2) is 11.0. The molecule has 0 amide bonds. The molecule has 0 fully saturated rings. The maximum Gasteiger partial charge on any atom is 0.164 e. The summed E-state index contributed by atoms with van der Waals surface area (Å²) in [6.07, 6.45) is 0. The lowest BCUT2D eigenvalue weighted by Crippen LogP contribution is -2.00. The van der Waals surface area contributed by atoms with Crippen molar-refractivity contribution in [3.8, 4) is 45.3 Å². The first-order valence-corrected chi connectivity index (χ1v) is 14.2. The van der Waals surface area contributed by atoms with Crippen LogP contribution in [0.5, 0.6) is 0 Å². The van der Waals surface area contributed by atoms with Gasteiger partial charge in [-0.05, 0) is 73.7 Å². The molecule has 8 aromatic carbocycles. The number of fused-ring (bicyclic) bond motifs is 9. The van der Waals surface area contributed by atoms with Gasteiger partial charge in [0.05, 0.1) is 37.0 Å². The molecule has 0 aliphatic heterocycles. The molecule has 2 heterocycles. The summed E-state index contributed by atoms with van der Waals surface area (Å²) in [7, 11) is 0. The van der Waals surface area contributed by atoms with E-state index in [-0.39, 0.29) is 5.39 Å². The van der Waals surface area contributed by atoms with Crippen LogP contribution in [0.2, 0.25) is 0 Å². The first-order valence-electron chi connectivity index (χ1n) is 27.7. The normalized spacial score (nSPS) is 19.4. The Morgan fingerprint density at radius 1 is 0.306 bits per heavy atom. The van der Waals surface area contributed by atoms with E-state index in [1.807, 2.05) is 0 Å². The SMILES string of the molecule is [2H]c1c([2H])c([2H])c(-c2nc(-c3c([2H])c([2H])c([2H])c(-c4c([2H])c([2H])c5c6c([2H])c([2H])c([2H])c([2H])c6c6c([2H])c([2H])c([2H])c([2H])c6c5c4[2H])c3[2H])nc(-c3c([2H])c([2H])c4c(oc5c([2H])c([2H])c([2H])c([2H])c54)c3[2H])n2)c([2H])c1[2H]. The van der Waals surface area contributed by atoms with Crippen molar-refractivity contribution in [2.75, 3.05) is 0 Å². The van der Waals surface area contributed by atoms with Crippen LogP contribution < -0.4 is 0 Å². The fraction of sp³-hybridized carbons (Fsp3) is 0. The lowest BCUT2D eigenvalue weighted by atomic mass is 9.92. The van der Waals surface area contributed by atoms with Gasteiger partial charge >= 0.3 is 0 Å². The smallest absolute Gasteiger partial charge is 0.164 e. The average Bonchev–Trinajstić information content (AvgIpc) is 3.93. The van der Waals surface area contributed by atoms with Crippen LogP contribution in [0.15, 0.2) is 168 Å². The van der Waals surface area contributed by atoms with Crippen molar-refractivity contribution >= 4 is 54.3 Å². The summed E-state index contributed by atoms with van der Waals surface area (Å²) in [4.78, 5) is 12.9. The van der Waals surface area contributed by atoms with E-state index in [9.17, 15) is 8.22 Å². The summed E-state index contributed by atoms with van der Waals surface area (Å²) in [5, 5.41) is -3.89. The molecule has 0 saturated carbocycles.